The number of rotatable bonds is 3. The van der Waals surface area contributed by atoms with E-state index in [0.717, 1.165) is 10.6 Å². The van der Waals surface area contributed by atoms with Crippen LogP contribution in [0.25, 0.3) is 10.6 Å². The van der Waals surface area contributed by atoms with Crippen molar-refractivity contribution < 1.29 is 4.74 Å². The van der Waals surface area contributed by atoms with Gasteiger partial charge in [-0.1, -0.05) is 53.5 Å². The molecule has 0 bridgehead atoms. The second-order valence-electron chi connectivity index (χ2n) is 2.74. The first kappa shape index (κ1) is 10.7. The lowest BCUT2D eigenvalue weighted by atomic mass is 10.2. The SMILES string of the molecule is ClC(Cl)Oc1csc(-c2ccccc2)n1. The molecule has 15 heavy (non-hydrogen) atoms. The summed E-state index contributed by atoms with van der Waals surface area (Å²) in [4.78, 5) is 4.25. The van der Waals surface area contributed by atoms with Crippen molar-refractivity contribution in [2.45, 2.75) is 5.02 Å². The van der Waals surface area contributed by atoms with Gasteiger partial charge in [0.05, 0.1) is 5.38 Å². The van der Waals surface area contributed by atoms with Crippen LogP contribution in [0.3, 0.4) is 0 Å². The number of ether oxygens (including phenoxy) is 1. The molecule has 0 aliphatic rings. The topological polar surface area (TPSA) is 22.1 Å². The maximum Gasteiger partial charge on any atom is 0.249 e. The van der Waals surface area contributed by atoms with E-state index >= 15 is 0 Å². The summed E-state index contributed by atoms with van der Waals surface area (Å²) in [7, 11) is 0. The molecule has 1 aromatic heterocycles. The zero-order valence-corrected chi connectivity index (χ0v) is 9.89. The van der Waals surface area contributed by atoms with Crippen molar-refractivity contribution in [2.24, 2.45) is 0 Å². The largest absolute Gasteiger partial charge is 0.443 e. The highest BCUT2D eigenvalue weighted by molar-refractivity contribution is 7.13. The average molecular weight is 260 g/mol. The van der Waals surface area contributed by atoms with Crippen LogP contribution in [-0.4, -0.2) is 10.0 Å². The molecule has 0 amide bonds. The van der Waals surface area contributed by atoms with E-state index in [1.54, 1.807) is 5.38 Å². The fraction of sp³-hybridized carbons (Fsp3) is 0.100. The van der Waals surface area contributed by atoms with Crippen LogP contribution in [0.4, 0.5) is 0 Å². The maximum absolute atomic E-state index is 5.48. The van der Waals surface area contributed by atoms with Crippen molar-refractivity contribution in [3.05, 3.63) is 35.7 Å². The first-order chi connectivity index (χ1) is 7.25. The molecule has 0 atom stereocenters. The van der Waals surface area contributed by atoms with Crippen LogP contribution in [0.5, 0.6) is 5.88 Å². The number of benzene rings is 1. The lowest BCUT2D eigenvalue weighted by molar-refractivity contribution is 0.342. The summed E-state index contributed by atoms with van der Waals surface area (Å²) < 4.78 is 5.05. The smallest absolute Gasteiger partial charge is 0.249 e. The van der Waals surface area contributed by atoms with Crippen molar-refractivity contribution >= 4 is 34.5 Å². The third-order valence-corrected chi connectivity index (χ3v) is 2.76. The fourth-order valence-electron chi connectivity index (χ4n) is 1.12. The number of hydrogen-bond acceptors (Lipinski definition) is 3. The summed E-state index contributed by atoms with van der Waals surface area (Å²) in [6, 6.07) is 9.86. The lowest BCUT2D eigenvalue weighted by Gasteiger charge is -2.00. The van der Waals surface area contributed by atoms with Crippen LogP contribution in [0.15, 0.2) is 35.7 Å². The Hall–Kier alpha value is -0.770. The first-order valence-electron chi connectivity index (χ1n) is 4.21. The lowest BCUT2D eigenvalue weighted by Crippen LogP contribution is -1.98. The van der Waals surface area contributed by atoms with E-state index in [4.69, 9.17) is 27.9 Å². The molecule has 0 spiro atoms. The Balaban J connectivity index is 2.21. The van der Waals surface area contributed by atoms with Gasteiger partial charge in [0.25, 0.3) is 0 Å². The number of nitrogens with zero attached hydrogens (tertiary/aromatic N) is 1. The van der Waals surface area contributed by atoms with E-state index in [9.17, 15) is 0 Å². The van der Waals surface area contributed by atoms with Gasteiger partial charge in [0, 0.05) is 5.56 Å². The molecule has 0 N–H and O–H groups in total. The van der Waals surface area contributed by atoms with Gasteiger partial charge in [0.2, 0.25) is 10.9 Å². The third-order valence-electron chi connectivity index (χ3n) is 1.71. The Morgan fingerprint density at radius 2 is 1.93 bits per heavy atom. The molecule has 0 fully saturated rings. The van der Waals surface area contributed by atoms with Crippen molar-refractivity contribution in [3.8, 4) is 16.5 Å². The minimum atomic E-state index is -0.879. The van der Waals surface area contributed by atoms with E-state index < -0.39 is 5.02 Å². The Morgan fingerprint density at radius 3 is 2.60 bits per heavy atom. The molecule has 0 saturated carbocycles. The summed E-state index contributed by atoms with van der Waals surface area (Å²) in [6.07, 6.45) is 0. The Labute approximate surface area is 101 Å². The molecule has 0 aliphatic carbocycles. The highest BCUT2D eigenvalue weighted by Crippen LogP contribution is 2.27. The maximum atomic E-state index is 5.48. The van der Waals surface area contributed by atoms with Gasteiger partial charge in [-0.2, -0.15) is 0 Å². The molecule has 78 valence electrons. The second-order valence-corrected chi connectivity index (χ2v) is 4.61. The number of thiazole rings is 1. The highest BCUT2D eigenvalue weighted by Gasteiger charge is 2.07. The van der Waals surface area contributed by atoms with Crippen molar-refractivity contribution in [1.82, 2.24) is 4.98 Å². The van der Waals surface area contributed by atoms with Crippen LogP contribution >= 0.6 is 34.5 Å². The first-order valence-corrected chi connectivity index (χ1v) is 5.97. The predicted molar refractivity (Wildman–Crippen MR) is 63.7 cm³/mol. The number of halogens is 2. The number of hydrogen-bond donors (Lipinski definition) is 0. The molecule has 1 aromatic carbocycles. The van der Waals surface area contributed by atoms with Crippen LogP contribution in [0.1, 0.15) is 0 Å². The van der Waals surface area contributed by atoms with Crippen LogP contribution in [0.2, 0.25) is 0 Å². The van der Waals surface area contributed by atoms with Crippen LogP contribution in [-0.2, 0) is 0 Å². The molecular weight excluding hydrogens is 253 g/mol. The monoisotopic (exact) mass is 259 g/mol. The van der Waals surface area contributed by atoms with Gasteiger partial charge in [-0.15, -0.1) is 11.3 Å². The molecule has 5 heteroatoms. The standard InChI is InChI=1S/C10H7Cl2NOS/c11-10(12)14-8-6-15-9(13-8)7-4-2-1-3-5-7/h1-6,10H. The summed E-state index contributed by atoms with van der Waals surface area (Å²) in [5.41, 5.74) is 1.05. The van der Waals surface area contributed by atoms with Crippen molar-refractivity contribution in [2.75, 3.05) is 0 Å². The van der Waals surface area contributed by atoms with E-state index in [1.165, 1.54) is 11.3 Å². The zero-order chi connectivity index (χ0) is 10.7. The Kier molecular flexibility index (Phi) is 3.46. The zero-order valence-electron chi connectivity index (χ0n) is 7.56. The van der Waals surface area contributed by atoms with E-state index in [1.807, 2.05) is 30.3 Å². The molecule has 2 nitrogen and oxygen atoms in total. The van der Waals surface area contributed by atoms with Crippen molar-refractivity contribution in [1.29, 1.82) is 0 Å². The van der Waals surface area contributed by atoms with Crippen LogP contribution in [0, 0.1) is 0 Å². The average Bonchev–Trinajstić information content (AvgIpc) is 2.67. The third kappa shape index (κ3) is 2.84. The molecule has 0 aliphatic heterocycles. The molecule has 0 saturated heterocycles. The molecule has 1 heterocycles. The minimum Gasteiger partial charge on any atom is -0.443 e. The van der Waals surface area contributed by atoms with E-state index in [2.05, 4.69) is 4.98 Å². The summed E-state index contributed by atoms with van der Waals surface area (Å²) in [6.45, 7) is 0. The van der Waals surface area contributed by atoms with Gasteiger partial charge in [-0.25, -0.2) is 4.98 Å². The molecular formula is C10H7Cl2NOS. The fourth-order valence-corrected chi connectivity index (χ4v) is 2.04. The Morgan fingerprint density at radius 1 is 1.20 bits per heavy atom. The second kappa shape index (κ2) is 4.84. The normalized spacial score (nSPS) is 10.6. The van der Waals surface area contributed by atoms with Gasteiger partial charge < -0.3 is 4.74 Å². The molecule has 2 rings (SSSR count). The number of aromatic nitrogens is 1. The van der Waals surface area contributed by atoms with E-state index in [0.29, 0.717) is 5.88 Å². The molecule has 2 aromatic rings. The minimum absolute atomic E-state index is 0.453. The molecule has 0 unspecified atom stereocenters. The molecule has 0 radical (unpaired) electrons. The summed E-state index contributed by atoms with van der Waals surface area (Å²) >= 11 is 12.4. The van der Waals surface area contributed by atoms with Gasteiger partial charge in [-0.05, 0) is 0 Å². The van der Waals surface area contributed by atoms with Gasteiger partial charge in [0.15, 0.2) is 0 Å². The van der Waals surface area contributed by atoms with Gasteiger partial charge >= 0.3 is 0 Å². The Bertz CT molecular complexity index is 430. The quantitative estimate of drug-likeness (QED) is 0.779. The van der Waals surface area contributed by atoms with Gasteiger partial charge in [0.1, 0.15) is 5.01 Å². The number of alkyl halides is 2. The van der Waals surface area contributed by atoms with Gasteiger partial charge in [-0.3, -0.25) is 0 Å². The van der Waals surface area contributed by atoms with E-state index in [-0.39, 0.29) is 0 Å². The van der Waals surface area contributed by atoms with Crippen molar-refractivity contribution in [3.63, 3.8) is 0 Å². The highest BCUT2D eigenvalue weighted by atomic mass is 35.5. The predicted octanol–water partition coefficient (Wildman–Crippen LogP) is 3.95. The van der Waals surface area contributed by atoms with Crippen LogP contribution < -0.4 is 4.74 Å². The summed E-state index contributed by atoms with van der Waals surface area (Å²) in [5, 5.41) is 1.79. The summed E-state index contributed by atoms with van der Waals surface area (Å²) in [5.74, 6) is 0.453.